The van der Waals surface area contributed by atoms with E-state index >= 15 is 0 Å². The van der Waals surface area contributed by atoms with Crippen LogP contribution in [-0.2, 0) is 9.53 Å². The van der Waals surface area contributed by atoms with Crippen molar-refractivity contribution in [3.05, 3.63) is 0 Å². The molecule has 1 amide bonds. The molecule has 0 bridgehead atoms. The fourth-order valence-corrected chi connectivity index (χ4v) is 4.78. The number of fused-ring (bicyclic) bond motifs is 1. The number of aliphatic imine (C=N–C) groups is 2. The Morgan fingerprint density at radius 3 is 2.89 bits per heavy atom. The molecule has 1 saturated heterocycles. The van der Waals surface area contributed by atoms with E-state index in [2.05, 4.69) is 21.8 Å². The summed E-state index contributed by atoms with van der Waals surface area (Å²) in [4.78, 5) is 23.9. The molecule has 0 radical (unpaired) electrons. The van der Waals surface area contributed by atoms with Crippen molar-refractivity contribution in [1.29, 1.82) is 0 Å². The predicted octanol–water partition coefficient (Wildman–Crippen LogP) is 2.03. The summed E-state index contributed by atoms with van der Waals surface area (Å²) in [5.74, 6) is 0.860. The number of halogens is 2. The van der Waals surface area contributed by atoms with Crippen LogP contribution in [0.3, 0.4) is 0 Å². The Morgan fingerprint density at radius 2 is 2.18 bits per heavy atom. The molecule has 7 nitrogen and oxygen atoms in total. The molecule has 0 N–H and O–H groups in total. The van der Waals surface area contributed by atoms with Gasteiger partial charge in [0, 0.05) is 37.4 Å². The van der Waals surface area contributed by atoms with Crippen LogP contribution in [0.5, 0.6) is 0 Å². The first-order chi connectivity index (χ1) is 13.5. The van der Waals surface area contributed by atoms with Gasteiger partial charge in [0.2, 0.25) is 5.91 Å². The number of hydrogen-bond donors (Lipinski definition) is 0. The van der Waals surface area contributed by atoms with Crippen LogP contribution in [0.1, 0.15) is 33.1 Å². The van der Waals surface area contributed by atoms with E-state index in [0.717, 1.165) is 37.5 Å². The molecule has 4 aliphatic rings. The number of rotatable bonds is 4. The maximum absolute atomic E-state index is 13.0. The van der Waals surface area contributed by atoms with Gasteiger partial charge in [0.15, 0.2) is 0 Å². The van der Waals surface area contributed by atoms with Crippen molar-refractivity contribution in [3.63, 3.8) is 0 Å². The second-order valence-electron chi connectivity index (χ2n) is 8.05. The van der Waals surface area contributed by atoms with Crippen LogP contribution in [0.25, 0.3) is 0 Å². The van der Waals surface area contributed by atoms with Crippen molar-refractivity contribution in [2.45, 2.75) is 51.9 Å². The summed E-state index contributed by atoms with van der Waals surface area (Å²) >= 11 is 0. The van der Waals surface area contributed by atoms with Gasteiger partial charge < -0.3 is 4.74 Å². The average Bonchev–Trinajstić information content (AvgIpc) is 3.26. The number of likely N-dealkylation sites (tertiary alicyclic amines) is 1. The van der Waals surface area contributed by atoms with Gasteiger partial charge in [-0.05, 0) is 25.7 Å². The largest absolute Gasteiger partial charge is 0.345 e. The zero-order valence-electron chi connectivity index (χ0n) is 16.3. The molecule has 5 unspecified atom stereocenters. The number of hydrogen-bond acceptors (Lipinski definition) is 6. The number of hydrazone groups is 1. The summed E-state index contributed by atoms with van der Waals surface area (Å²) in [6.45, 7) is 3.77. The Kier molecular flexibility index (Phi) is 5.44. The lowest BCUT2D eigenvalue weighted by molar-refractivity contribution is -0.164. The van der Waals surface area contributed by atoms with Gasteiger partial charge in [-0.1, -0.05) is 6.92 Å². The molecule has 0 aliphatic carbocycles. The van der Waals surface area contributed by atoms with E-state index in [0.29, 0.717) is 13.0 Å². The molecule has 4 aliphatic heterocycles. The third-order valence-electron chi connectivity index (χ3n) is 6.18. The minimum atomic E-state index is -2.78. The highest BCUT2D eigenvalue weighted by atomic mass is 19.3. The predicted molar refractivity (Wildman–Crippen MR) is 102 cm³/mol. The maximum atomic E-state index is 13.0. The maximum Gasteiger partial charge on any atom is 0.345 e. The Labute approximate surface area is 163 Å². The summed E-state index contributed by atoms with van der Waals surface area (Å²) in [5.41, 5.74) is 0.900. The smallest absolute Gasteiger partial charge is 0.318 e. The molecule has 154 valence electrons. The average molecular weight is 395 g/mol. The quantitative estimate of drug-likeness (QED) is 0.731. The minimum Gasteiger partial charge on any atom is -0.318 e. The third-order valence-corrected chi connectivity index (χ3v) is 6.18. The van der Waals surface area contributed by atoms with E-state index in [1.54, 1.807) is 4.90 Å². The zero-order chi connectivity index (χ0) is 19.8. The highest BCUT2D eigenvalue weighted by molar-refractivity contribution is 6.18. The van der Waals surface area contributed by atoms with Crippen LogP contribution in [0.15, 0.2) is 15.1 Å². The number of nitrogens with zero attached hydrogens (tertiary/aromatic N) is 5. The summed E-state index contributed by atoms with van der Waals surface area (Å²) in [6.07, 6.45) is 3.28. The minimum absolute atomic E-state index is 0.0306. The fourth-order valence-electron chi connectivity index (χ4n) is 4.78. The van der Waals surface area contributed by atoms with Crippen LogP contribution in [0.2, 0.25) is 0 Å². The van der Waals surface area contributed by atoms with Crippen LogP contribution < -0.4 is 0 Å². The van der Waals surface area contributed by atoms with Gasteiger partial charge >= 0.3 is 6.61 Å². The van der Waals surface area contributed by atoms with E-state index in [1.807, 2.05) is 18.1 Å². The number of ether oxygens (including phenoxy) is 1. The molecule has 4 rings (SSSR count). The molecule has 5 atom stereocenters. The van der Waals surface area contributed by atoms with Gasteiger partial charge in [-0.2, -0.15) is 13.9 Å². The fraction of sp³-hybridized carbons (Fsp3) is 0.789. The normalized spacial score (nSPS) is 35.5. The van der Waals surface area contributed by atoms with Gasteiger partial charge in [0.25, 0.3) is 0 Å². The number of amidine groups is 1. The van der Waals surface area contributed by atoms with Crippen molar-refractivity contribution in [2.75, 3.05) is 26.2 Å². The second-order valence-corrected chi connectivity index (χ2v) is 8.05. The lowest BCUT2D eigenvalue weighted by Gasteiger charge is -2.34. The van der Waals surface area contributed by atoms with Crippen molar-refractivity contribution >= 4 is 23.7 Å². The number of carbonyl (C=O) groups excluding carboxylic acids is 1. The van der Waals surface area contributed by atoms with Gasteiger partial charge in [-0.15, -0.1) is 0 Å². The summed E-state index contributed by atoms with van der Waals surface area (Å²) in [5, 5.41) is 6.53. The first-order valence-corrected chi connectivity index (χ1v) is 10.1. The number of amides is 1. The van der Waals surface area contributed by atoms with Gasteiger partial charge in [0.1, 0.15) is 5.84 Å². The van der Waals surface area contributed by atoms with Crippen LogP contribution >= 0.6 is 0 Å². The summed E-state index contributed by atoms with van der Waals surface area (Å²) in [7, 11) is 0. The monoisotopic (exact) mass is 395 g/mol. The van der Waals surface area contributed by atoms with Gasteiger partial charge in [-0.25, -0.2) is 0 Å². The van der Waals surface area contributed by atoms with Crippen molar-refractivity contribution in [2.24, 2.45) is 32.8 Å². The Morgan fingerprint density at radius 1 is 1.36 bits per heavy atom. The van der Waals surface area contributed by atoms with Crippen LogP contribution in [0, 0.1) is 17.8 Å². The molecular formula is C19H27F2N5O2. The van der Waals surface area contributed by atoms with E-state index in [-0.39, 0.29) is 36.2 Å². The number of alkyl halides is 2. The summed E-state index contributed by atoms with van der Waals surface area (Å²) in [6, 6.07) is -0.0421. The molecule has 0 spiro atoms. The second kappa shape index (κ2) is 7.85. The number of carbonyl (C=O) groups is 1. The van der Waals surface area contributed by atoms with Gasteiger partial charge in [0.05, 0.1) is 31.2 Å². The standard InChI is InChI=1S/C19H27F2N5O2/c1-3-25-5-4-16(24-25)26-10-15-17(18(26)27)11(2)6-14(23-15)12-7-13(9-22-8-12)28-19(20)21/h8,11-14,17,19H,3-7,9-10H2,1-2H3. The first kappa shape index (κ1) is 19.4. The van der Waals surface area contributed by atoms with E-state index in [4.69, 9.17) is 4.99 Å². The Bertz CT molecular complexity index is 710. The van der Waals surface area contributed by atoms with E-state index in [1.165, 1.54) is 0 Å². The lowest BCUT2D eigenvalue weighted by atomic mass is 9.78. The molecule has 1 fully saturated rings. The molecule has 0 aromatic heterocycles. The van der Waals surface area contributed by atoms with Crippen molar-refractivity contribution < 1.29 is 18.3 Å². The Balaban J connectivity index is 1.49. The molecule has 0 saturated carbocycles. The van der Waals surface area contributed by atoms with E-state index < -0.39 is 12.7 Å². The van der Waals surface area contributed by atoms with Crippen LogP contribution in [0.4, 0.5) is 8.78 Å². The first-order valence-electron chi connectivity index (χ1n) is 10.1. The molecule has 4 heterocycles. The Hall–Kier alpha value is -1.90. The van der Waals surface area contributed by atoms with E-state index in [9.17, 15) is 13.6 Å². The van der Waals surface area contributed by atoms with Crippen LogP contribution in [-0.4, -0.2) is 78.5 Å². The SMILES string of the molecule is CCN1CCC(N2CC3=NC(C4C=NCC(OC(F)F)C4)CC(C)C3C2=O)=N1. The highest BCUT2D eigenvalue weighted by Crippen LogP contribution is 2.36. The van der Waals surface area contributed by atoms with Gasteiger partial charge in [-0.3, -0.25) is 24.7 Å². The topological polar surface area (TPSA) is 69.9 Å². The highest BCUT2D eigenvalue weighted by Gasteiger charge is 2.47. The summed E-state index contributed by atoms with van der Waals surface area (Å²) < 4.78 is 29.8. The molecule has 0 aromatic carbocycles. The zero-order valence-corrected chi connectivity index (χ0v) is 16.3. The lowest BCUT2D eigenvalue weighted by Crippen LogP contribution is -2.40. The molecule has 0 aromatic rings. The molecular weight excluding hydrogens is 368 g/mol. The molecule has 9 heteroatoms. The third kappa shape index (κ3) is 3.68. The molecule has 28 heavy (non-hydrogen) atoms. The van der Waals surface area contributed by atoms with Crippen molar-refractivity contribution in [1.82, 2.24) is 9.91 Å². The van der Waals surface area contributed by atoms with Crippen molar-refractivity contribution in [3.8, 4) is 0 Å².